The van der Waals surface area contributed by atoms with Gasteiger partial charge in [0.2, 0.25) is 0 Å². The zero-order valence-electron chi connectivity index (χ0n) is 23.8. The number of hydrogen-bond acceptors (Lipinski definition) is 6. The fraction of sp³-hybridized carbons (Fsp3) is 0.323. The van der Waals surface area contributed by atoms with Gasteiger partial charge in [-0.15, -0.1) is 0 Å². The van der Waals surface area contributed by atoms with Gasteiger partial charge in [0.05, 0.1) is 60.4 Å². The molecule has 1 heterocycles. The maximum atomic E-state index is 5.99. The van der Waals surface area contributed by atoms with Crippen LogP contribution in [-0.4, -0.2) is 79.4 Å². The molecule has 0 N–H and O–H groups in total. The van der Waals surface area contributed by atoms with Crippen molar-refractivity contribution in [3.8, 4) is 17.5 Å². The highest BCUT2D eigenvalue weighted by atomic mass is 32.2. The molecule has 0 spiro atoms. The van der Waals surface area contributed by atoms with E-state index < -0.39 is 0 Å². The minimum Gasteiger partial charge on any atom is -0.497 e. The summed E-state index contributed by atoms with van der Waals surface area (Å²) in [6.45, 7) is 0.563. The van der Waals surface area contributed by atoms with Gasteiger partial charge in [-0.05, 0) is 78.2 Å². The number of ether oxygens (including phenoxy) is 3. The van der Waals surface area contributed by atoms with Crippen molar-refractivity contribution in [3.63, 3.8) is 0 Å². The lowest BCUT2D eigenvalue weighted by Gasteiger charge is -2.10. The van der Waals surface area contributed by atoms with E-state index >= 15 is 0 Å². The topological polar surface area (TPSA) is 59.7 Å². The maximum absolute atomic E-state index is 5.99. The Kier molecular flexibility index (Phi) is 11.9. The molecule has 0 fully saturated rings. The standard InChI is InChI=1S/C31H39N4O3S/c1-34(2)31(35(3)4)39-22-8-7-21-38-30-32-26(15-9-24-11-17-28(36-5)18-12-24)23-27(33-30)16-10-25-13-19-29(37-6)20-14-25/h9-20,23H,7-8,21-22H2,1-6H3/q+1/b15-9+,16-10+. The minimum atomic E-state index is 0.378. The zero-order valence-corrected chi connectivity index (χ0v) is 24.6. The molecule has 3 aromatic rings. The monoisotopic (exact) mass is 547 g/mol. The molecule has 0 aliphatic carbocycles. The number of thioether (sulfide) groups is 1. The van der Waals surface area contributed by atoms with E-state index in [4.69, 9.17) is 14.2 Å². The van der Waals surface area contributed by atoms with Crippen LogP contribution in [0, 0.1) is 0 Å². The summed E-state index contributed by atoms with van der Waals surface area (Å²) in [5.74, 6) is 2.68. The predicted octanol–water partition coefficient (Wildman–Crippen LogP) is 5.92. The van der Waals surface area contributed by atoms with Crippen LogP contribution < -0.4 is 14.2 Å². The van der Waals surface area contributed by atoms with E-state index in [0.29, 0.717) is 12.6 Å². The van der Waals surface area contributed by atoms with Gasteiger partial charge in [-0.1, -0.05) is 36.4 Å². The lowest BCUT2D eigenvalue weighted by Crippen LogP contribution is -2.27. The molecule has 7 nitrogen and oxygen atoms in total. The van der Waals surface area contributed by atoms with Gasteiger partial charge in [0.25, 0.3) is 0 Å². The Balaban J connectivity index is 1.69. The van der Waals surface area contributed by atoms with Crippen LogP contribution in [0.5, 0.6) is 17.5 Å². The number of unbranched alkanes of at least 4 members (excludes halogenated alkanes) is 1. The highest BCUT2D eigenvalue weighted by Gasteiger charge is 2.11. The van der Waals surface area contributed by atoms with Crippen LogP contribution in [0.15, 0.2) is 54.6 Å². The molecule has 0 saturated heterocycles. The molecular formula is C31H39N4O3S+. The first-order valence-corrected chi connectivity index (χ1v) is 13.9. The summed E-state index contributed by atoms with van der Waals surface area (Å²) in [6, 6.07) is 18.1. The van der Waals surface area contributed by atoms with Crippen LogP contribution >= 0.6 is 11.8 Å². The number of methoxy groups -OCH3 is 2. The minimum absolute atomic E-state index is 0.378. The molecule has 0 radical (unpaired) electrons. The number of amidine groups is 1. The molecule has 39 heavy (non-hydrogen) atoms. The molecule has 0 aliphatic heterocycles. The first kappa shape index (κ1) is 29.8. The van der Waals surface area contributed by atoms with Crippen molar-refractivity contribution in [2.75, 3.05) is 54.8 Å². The van der Waals surface area contributed by atoms with E-state index in [1.54, 1.807) is 14.2 Å². The summed E-state index contributed by atoms with van der Waals surface area (Å²) in [4.78, 5) is 11.4. The van der Waals surface area contributed by atoms with Crippen molar-refractivity contribution in [2.24, 2.45) is 0 Å². The molecule has 206 valence electrons. The van der Waals surface area contributed by atoms with Gasteiger partial charge in [0, 0.05) is 5.75 Å². The fourth-order valence-corrected chi connectivity index (χ4v) is 4.73. The average Bonchev–Trinajstić information content (AvgIpc) is 2.94. The lowest BCUT2D eigenvalue weighted by molar-refractivity contribution is -0.466. The van der Waals surface area contributed by atoms with Gasteiger partial charge >= 0.3 is 11.2 Å². The molecule has 1 aromatic heterocycles. The fourth-order valence-electron chi connectivity index (χ4n) is 3.68. The summed E-state index contributed by atoms with van der Waals surface area (Å²) < 4.78 is 18.6. The van der Waals surface area contributed by atoms with Crippen LogP contribution in [0.3, 0.4) is 0 Å². The maximum Gasteiger partial charge on any atom is 0.317 e. The Morgan fingerprint density at radius 2 is 1.31 bits per heavy atom. The first-order valence-electron chi connectivity index (χ1n) is 12.9. The van der Waals surface area contributed by atoms with Crippen LogP contribution in [0.1, 0.15) is 35.4 Å². The van der Waals surface area contributed by atoms with Gasteiger partial charge in [0.15, 0.2) is 0 Å². The van der Waals surface area contributed by atoms with Gasteiger partial charge in [0.1, 0.15) is 11.5 Å². The third kappa shape index (κ3) is 10.1. The van der Waals surface area contributed by atoms with Gasteiger partial charge in [-0.25, -0.2) is 0 Å². The molecule has 0 unspecified atom stereocenters. The Hall–Kier alpha value is -3.78. The quantitative estimate of drug-likeness (QED) is 0.121. The lowest BCUT2D eigenvalue weighted by atomic mass is 10.1. The molecule has 8 heteroatoms. The second-order valence-corrected chi connectivity index (χ2v) is 10.3. The van der Waals surface area contributed by atoms with Gasteiger partial charge < -0.3 is 14.2 Å². The molecule has 2 aromatic carbocycles. The highest BCUT2D eigenvalue weighted by molar-refractivity contribution is 8.13. The molecule has 0 saturated carbocycles. The normalized spacial score (nSPS) is 11.1. The van der Waals surface area contributed by atoms with Crippen molar-refractivity contribution >= 4 is 41.2 Å². The van der Waals surface area contributed by atoms with E-state index in [0.717, 1.165) is 52.6 Å². The van der Waals surface area contributed by atoms with Crippen LogP contribution in [-0.2, 0) is 0 Å². The Morgan fingerprint density at radius 3 is 1.74 bits per heavy atom. The zero-order chi connectivity index (χ0) is 28.0. The summed E-state index contributed by atoms with van der Waals surface area (Å²) >= 11 is 1.85. The van der Waals surface area contributed by atoms with Gasteiger partial charge in [-0.3, -0.25) is 9.48 Å². The largest absolute Gasteiger partial charge is 0.497 e. The molecule has 0 aliphatic rings. The summed E-state index contributed by atoms with van der Waals surface area (Å²) in [5, 5.41) is 1.24. The van der Waals surface area contributed by atoms with E-state index in [2.05, 4.69) is 47.6 Å². The third-order valence-corrected chi connectivity index (χ3v) is 7.12. The molecule has 0 bridgehead atoms. The first-order chi connectivity index (χ1) is 18.9. The summed E-state index contributed by atoms with van der Waals surface area (Å²) in [6.07, 6.45) is 9.94. The van der Waals surface area contributed by atoms with E-state index in [9.17, 15) is 0 Å². The number of hydrogen-bond donors (Lipinski definition) is 0. The summed E-state index contributed by atoms with van der Waals surface area (Å²) in [7, 11) is 11.6. The SMILES string of the molecule is COc1ccc(/C=C/c2cc(/C=C/c3ccc(OC)cc3)nc(OCCCCSC(N(C)C)=[N+](C)C)n2)cc1. The average molecular weight is 548 g/mol. The van der Waals surface area contributed by atoms with E-state index in [1.165, 1.54) is 5.17 Å². The number of benzene rings is 2. The third-order valence-electron chi connectivity index (χ3n) is 5.64. The number of aromatic nitrogens is 2. The molecular weight excluding hydrogens is 508 g/mol. The Morgan fingerprint density at radius 1 is 0.795 bits per heavy atom. The van der Waals surface area contributed by atoms with Crippen LogP contribution in [0.2, 0.25) is 0 Å². The predicted molar refractivity (Wildman–Crippen MR) is 164 cm³/mol. The van der Waals surface area contributed by atoms with Crippen molar-refractivity contribution in [3.05, 3.63) is 77.1 Å². The van der Waals surface area contributed by atoms with Crippen molar-refractivity contribution < 1.29 is 18.8 Å². The van der Waals surface area contributed by atoms with Crippen molar-refractivity contribution in [1.29, 1.82) is 0 Å². The van der Waals surface area contributed by atoms with Crippen molar-refractivity contribution in [2.45, 2.75) is 12.8 Å². The second-order valence-electron chi connectivity index (χ2n) is 9.19. The van der Waals surface area contributed by atoms with E-state index in [-0.39, 0.29) is 0 Å². The Bertz CT molecular complexity index is 1190. The number of nitrogens with zero attached hydrogens (tertiary/aromatic N) is 4. The molecule has 0 atom stereocenters. The highest BCUT2D eigenvalue weighted by Crippen LogP contribution is 2.18. The van der Waals surface area contributed by atoms with Crippen LogP contribution in [0.25, 0.3) is 24.3 Å². The second kappa shape index (κ2) is 15.6. The van der Waals surface area contributed by atoms with Crippen molar-refractivity contribution in [1.82, 2.24) is 14.9 Å². The molecule has 0 amide bonds. The van der Waals surface area contributed by atoms with E-state index in [1.807, 2.05) is 90.7 Å². The van der Waals surface area contributed by atoms with Crippen LogP contribution in [0.4, 0.5) is 0 Å². The number of rotatable bonds is 12. The Labute approximate surface area is 236 Å². The van der Waals surface area contributed by atoms with Gasteiger partial charge in [-0.2, -0.15) is 9.97 Å². The molecule has 3 rings (SSSR count). The smallest absolute Gasteiger partial charge is 0.317 e. The summed E-state index contributed by atoms with van der Waals surface area (Å²) in [5.41, 5.74) is 3.65.